The summed E-state index contributed by atoms with van der Waals surface area (Å²) in [7, 11) is 1.62. The van der Waals surface area contributed by atoms with Crippen molar-refractivity contribution in [2.75, 3.05) is 20.3 Å². The zero-order valence-electron chi connectivity index (χ0n) is 10.6. The molecule has 1 aromatic rings. The van der Waals surface area contributed by atoms with Crippen molar-refractivity contribution in [3.8, 4) is 0 Å². The summed E-state index contributed by atoms with van der Waals surface area (Å²) in [6.07, 6.45) is 3.23. The molecule has 0 aromatic carbocycles. The summed E-state index contributed by atoms with van der Waals surface area (Å²) < 4.78 is 10.2. The highest BCUT2D eigenvalue weighted by molar-refractivity contribution is 5.88. The predicted octanol–water partition coefficient (Wildman–Crippen LogP) is 2.22. The van der Waals surface area contributed by atoms with E-state index in [0.717, 1.165) is 11.3 Å². The highest BCUT2D eigenvalue weighted by Gasteiger charge is 2.12. The van der Waals surface area contributed by atoms with E-state index < -0.39 is 0 Å². The van der Waals surface area contributed by atoms with Gasteiger partial charge in [-0.15, -0.1) is 0 Å². The first-order valence-electron chi connectivity index (χ1n) is 5.58. The van der Waals surface area contributed by atoms with Crippen LogP contribution in [0.25, 0.3) is 0 Å². The molecule has 0 N–H and O–H groups in total. The third-order valence-corrected chi connectivity index (χ3v) is 2.22. The number of rotatable bonds is 6. The van der Waals surface area contributed by atoms with Crippen LogP contribution < -0.4 is 0 Å². The van der Waals surface area contributed by atoms with E-state index in [1.165, 1.54) is 0 Å². The van der Waals surface area contributed by atoms with Gasteiger partial charge in [0.1, 0.15) is 5.76 Å². The zero-order valence-corrected chi connectivity index (χ0v) is 10.6. The maximum absolute atomic E-state index is 11.9. The SMILES string of the molecule is COCCN(Cc1ccco1)C(=O)C=C(C)C. The monoisotopic (exact) mass is 237 g/mol. The lowest BCUT2D eigenvalue weighted by Crippen LogP contribution is -2.32. The van der Waals surface area contributed by atoms with Gasteiger partial charge in [0.2, 0.25) is 5.91 Å². The summed E-state index contributed by atoms with van der Waals surface area (Å²) in [6.45, 7) is 5.35. The van der Waals surface area contributed by atoms with Crippen LogP contribution in [-0.4, -0.2) is 31.1 Å². The minimum atomic E-state index is -0.0153. The van der Waals surface area contributed by atoms with Crippen molar-refractivity contribution in [3.05, 3.63) is 35.8 Å². The van der Waals surface area contributed by atoms with Gasteiger partial charge in [0.05, 0.1) is 19.4 Å². The number of nitrogens with zero attached hydrogens (tertiary/aromatic N) is 1. The van der Waals surface area contributed by atoms with Crippen molar-refractivity contribution in [2.24, 2.45) is 0 Å². The fourth-order valence-electron chi connectivity index (χ4n) is 1.40. The highest BCUT2D eigenvalue weighted by Crippen LogP contribution is 2.07. The molecule has 94 valence electrons. The van der Waals surface area contributed by atoms with E-state index in [2.05, 4.69) is 0 Å². The van der Waals surface area contributed by atoms with Gasteiger partial charge in [0.15, 0.2) is 0 Å². The first kappa shape index (κ1) is 13.5. The summed E-state index contributed by atoms with van der Waals surface area (Å²) >= 11 is 0. The quantitative estimate of drug-likeness (QED) is 0.712. The van der Waals surface area contributed by atoms with Crippen LogP contribution in [0, 0.1) is 0 Å². The van der Waals surface area contributed by atoms with E-state index in [0.29, 0.717) is 19.7 Å². The van der Waals surface area contributed by atoms with Gasteiger partial charge in [-0.3, -0.25) is 4.79 Å². The van der Waals surface area contributed by atoms with Crippen LogP contribution in [-0.2, 0) is 16.1 Å². The van der Waals surface area contributed by atoms with Crippen LogP contribution in [0.2, 0.25) is 0 Å². The molecule has 0 saturated carbocycles. The van der Waals surface area contributed by atoms with Crippen molar-refractivity contribution >= 4 is 5.91 Å². The van der Waals surface area contributed by atoms with E-state index in [4.69, 9.17) is 9.15 Å². The van der Waals surface area contributed by atoms with Crippen LogP contribution in [0.3, 0.4) is 0 Å². The molecule has 0 atom stereocenters. The molecule has 0 bridgehead atoms. The Morgan fingerprint density at radius 2 is 2.29 bits per heavy atom. The van der Waals surface area contributed by atoms with Crippen molar-refractivity contribution in [1.82, 2.24) is 4.90 Å². The summed E-state index contributed by atoms with van der Waals surface area (Å²) in [4.78, 5) is 13.6. The molecule has 1 amide bonds. The fourth-order valence-corrected chi connectivity index (χ4v) is 1.40. The van der Waals surface area contributed by atoms with Crippen LogP contribution in [0.5, 0.6) is 0 Å². The third kappa shape index (κ3) is 4.87. The number of hydrogen-bond donors (Lipinski definition) is 0. The van der Waals surface area contributed by atoms with Crippen molar-refractivity contribution < 1.29 is 13.9 Å². The van der Waals surface area contributed by atoms with Crippen LogP contribution in [0.15, 0.2) is 34.5 Å². The normalized spacial score (nSPS) is 10.1. The molecule has 0 spiro atoms. The average molecular weight is 237 g/mol. The molecule has 0 unspecified atom stereocenters. The molecule has 1 aromatic heterocycles. The number of methoxy groups -OCH3 is 1. The Bertz CT molecular complexity index is 364. The number of hydrogen-bond acceptors (Lipinski definition) is 3. The molecule has 0 aliphatic carbocycles. The molecule has 0 aliphatic rings. The Balaban J connectivity index is 2.66. The number of ether oxygens (including phenoxy) is 1. The van der Waals surface area contributed by atoms with Gasteiger partial charge in [0.25, 0.3) is 0 Å². The number of allylic oxidation sites excluding steroid dienone is 1. The van der Waals surface area contributed by atoms with E-state index in [1.807, 2.05) is 26.0 Å². The maximum Gasteiger partial charge on any atom is 0.246 e. The van der Waals surface area contributed by atoms with Gasteiger partial charge in [-0.05, 0) is 26.0 Å². The first-order valence-corrected chi connectivity index (χ1v) is 5.58. The van der Waals surface area contributed by atoms with E-state index in [9.17, 15) is 4.79 Å². The molecule has 1 rings (SSSR count). The predicted molar refractivity (Wildman–Crippen MR) is 65.4 cm³/mol. The van der Waals surface area contributed by atoms with Crippen LogP contribution in [0.1, 0.15) is 19.6 Å². The highest BCUT2D eigenvalue weighted by atomic mass is 16.5. The van der Waals surface area contributed by atoms with Crippen LogP contribution in [0.4, 0.5) is 0 Å². The van der Waals surface area contributed by atoms with E-state index in [-0.39, 0.29) is 5.91 Å². The molecule has 17 heavy (non-hydrogen) atoms. The minimum absolute atomic E-state index is 0.0153. The largest absolute Gasteiger partial charge is 0.467 e. The Morgan fingerprint density at radius 3 is 2.82 bits per heavy atom. The molecule has 0 fully saturated rings. The Hall–Kier alpha value is -1.55. The maximum atomic E-state index is 11.9. The second-order valence-electron chi connectivity index (χ2n) is 4.05. The molecule has 4 heteroatoms. The first-order chi connectivity index (χ1) is 8.13. The summed E-state index contributed by atoms with van der Waals surface area (Å²) in [5.74, 6) is 0.759. The Labute approximate surface area is 102 Å². The lowest BCUT2D eigenvalue weighted by molar-refractivity contribution is -0.127. The molecular formula is C13H19NO3. The molecule has 4 nitrogen and oxygen atoms in total. The van der Waals surface area contributed by atoms with Gasteiger partial charge in [0, 0.05) is 19.7 Å². The smallest absolute Gasteiger partial charge is 0.246 e. The minimum Gasteiger partial charge on any atom is -0.467 e. The standard InChI is InChI=1S/C13H19NO3/c1-11(2)9-13(15)14(6-8-16-3)10-12-5-4-7-17-12/h4-5,7,9H,6,8,10H2,1-3H3. The topological polar surface area (TPSA) is 42.7 Å². The van der Waals surface area contributed by atoms with Gasteiger partial charge >= 0.3 is 0 Å². The molecule has 0 aliphatic heterocycles. The van der Waals surface area contributed by atoms with Crippen molar-refractivity contribution in [3.63, 3.8) is 0 Å². The van der Waals surface area contributed by atoms with Gasteiger partial charge in [-0.2, -0.15) is 0 Å². The number of furan rings is 1. The summed E-state index contributed by atoms with van der Waals surface area (Å²) in [6, 6.07) is 3.67. The molecular weight excluding hydrogens is 218 g/mol. The lowest BCUT2D eigenvalue weighted by Gasteiger charge is -2.19. The molecule has 0 radical (unpaired) electrons. The summed E-state index contributed by atoms with van der Waals surface area (Å²) in [5.41, 5.74) is 0.983. The van der Waals surface area contributed by atoms with Crippen molar-refractivity contribution in [2.45, 2.75) is 20.4 Å². The van der Waals surface area contributed by atoms with Gasteiger partial charge in [-0.1, -0.05) is 5.57 Å². The lowest BCUT2D eigenvalue weighted by atomic mass is 10.3. The molecule has 1 heterocycles. The Morgan fingerprint density at radius 1 is 1.53 bits per heavy atom. The Kier molecular flexibility index (Phi) is 5.49. The average Bonchev–Trinajstić information content (AvgIpc) is 2.75. The fraction of sp³-hybridized carbons (Fsp3) is 0.462. The number of amides is 1. The number of carbonyl (C=O) groups is 1. The van der Waals surface area contributed by atoms with Crippen molar-refractivity contribution in [1.29, 1.82) is 0 Å². The van der Waals surface area contributed by atoms with E-state index >= 15 is 0 Å². The summed E-state index contributed by atoms with van der Waals surface area (Å²) in [5, 5.41) is 0. The third-order valence-electron chi connectivity index (χ3n) is 2.22. The van der Waals surface area contributed by atoms with E-state index in [1.54, 1.807) is 24.3 Å². The van der Waals surface area contributed by atoms with Gasteiger partial charge < -0.3 is 14.1 Å². The zero-order chi connectivity index (χ0) is 12.7. The van der Waals surface area contributed by atoms with Crippen LogP contribution >= 0.6 is 0 Å². The number of carbonyl (C=O) groups excluding carboxylic acids is 1. The second-order valence-corrected chi connectivity index (χ2v) is 4.05. The molecule has 0 saturated heterocycles. The second kappa shape index (κ2) is 6.91. The van der Waals surface area contributed by atoms with Gasteiger partial charge in [-0.25, -0.2) is 0 Å².